The highest BCUT2D eigenvalue weighted by Gasteiger charge is 2.18. The average Bonchev–Trinajstić information content (AvgIpc) is 2.41. The topological polar surface area (TPSA) is 49.8 Å². The molecule has 19 heavy (non-hydrogen) atoms. The molecule has 0 aliphatic heterocycles. The minimum Gasteiger partial charge on any atom is -0.494 e. The van der Waals surface area contributed by atoms with Crippen LogP contribution in [-0.2, 0) is 0 Å². The highest BCUT2D eigenvalue weighted by Crippen LogP contribution is 2.29. The van der Waals surface area contributed by atoms with Crippen LogP contribution in [0.3, 0.4) is 0 Å². The molecule has 0 saturated carbocycles. The van der Waals surface area contributed by atoms with Gasteiger partial charge in [0.1, 0.15) is 0 Å². The van der Waals surface area contributed by atoms with Crippen molar-refractivity contribution in [3.05, 3.63) is 54.3 Å². The summed E-state index contributed by atoms with van der Waals surface area (Å²) < 4.78 is 18.2. The number of methoxy groups -OCH3 is 1. The molecule has 0 heterocycles. The van der Waals surface area contributed by atoms with E-state index in [0.717, 1.165) is 4.90 Å². The van der Waals surface area contributed by atoms with Gasteiger partial charge >= 0.3 is 6.09 Å². The number of nitrogens with zero attached hydrogens (tertiary/aromatic N) is 1. The molecule has 2 aromatic rings. The maximum Gasteiger partial charge on any atom is 0.416 e. The quantitative estimate of drug-likeness (QED) is 0.917. The number of hydrogen-bond acceptors (Lipinski definition) is 2. The van der Waals surface area contributed by atoms with Crippen LogP contribution in [0.1, 0.15) is 0 Å². The molecule has 2 aromatic carbocycles. The van der Waals surface area contributed by atoms with E-state index in [4.69, 9.17) is 4.74 Å². The minimum atomic E-state index is -1.15. The number of rotatable bonds is 3. The first-order valence-corrected chi connectivity index (χ1v) is 5.55. The van der Waals surface area contributed by atoms with Crippen molar-refractivity contribution < 1.29 is 19.0 Å². The van der Waals surface area contributed by atoms with Crippen LogP contribution in [-0.4, -0.2) is 18.3 Å². The van der Waals surface area contributed by atoms with Crippen LogP contribution in [0.25, 0.3) is 0 Å². The number of carbonyl (C=O) groups is 1. The van der Waals surface area contributed by atoms with E-state index in [9.17, 15) is 14.3 Å². The van der Waals surface area contributed by atoms with Crippen molar-refractivity contribution in [2.24, 2.45) is 0 Å². The van der Waals surface area contributed by atoms with E-state index in [2.05, 4.69) is 0 Å². The van der Waals surface area contributed by atoms with Crippen LogP contribution >= 0.6 is 0 Å². The Kier molecular flexibility index (Phi) is 3.66. The standard InChI is InChI=1S/C14H12FNO3/c1-19-13-9-11(7-8-12(13)15)16(14(17)18)10-5-3-2-4-6-10/h2-9H,1H3,(H,17,18). The van der Waals surface area contributed by atoms with Gasteiger partial charge in [-0.05, 0) is 24.3 Å². The molecule has 2 rings (SSSR count). The Balaban J connectivity index is 2.49. The third-order valence-electron chi connectivity index (χ3n) is 2.60. The Bertz CT molecular complexity index is 586. The van der Waals surface area contributed by atoms with Gasteiger partial charge in [0, 0.05) is 6.07 Å². The summed E-state index contributed by atoms with van der Waals surface area (Å²) in [5.74, 6) is -0.538. The van der Waals surface area contributed by atoms with Gasteiger partial charge in [-0.15, -0.1) is 0 Å². The van der Waals surface area contributed by atoms with E-state index >= 15 is 0 Å². The Morgan fingerprint density at radius 1 is 1.16 bits per heavy atom. The first-order valence-electron chi connectivity index (χ1n) is 5.55. The summed E-state index contributed by atoms with van der Waals surface area (Å²) in [6.45, 7) is 0. The lowest BCUT2D eigenvalue weighted by Crippen LogP contribution is -2.23. The molecule has 0 fully saturated rings. The van der Waals surface area contributed by atoms with Gasteiger partial charge in [0.2, 0.25) is 0 Å². The molecule has 0 saturated heterocycles. The van der Waals surface area contributed by atoms with Crippen molar-refractivity contribution >= 4 is 17.5 Å². The molecular formula is C14H12FNO3. The van der Waals surface area contributed by atoms with Crippen molar-refractivity contribution in [2.45, 2.75) is 0 Å². The molecule has 0 aliphatic carbocycles. The second-order valence-electron chi connectivity index (χ2n) is 3.77. The Labute approximate surface area is 109 Å². The zero-order valence-electron chi connectivity index (χ0n) is 10.2. The van der Waals surface area contributed by atoms with Gasteiger partial charge in [-0.1, -0.05) is 18.2 Å². The Morgan fingerprint density at radius 3 is 2.42 bits per heavy atom. The smallest absolute Gasteiger partial charge is 0.416 e. The van der Waals surface area contributed by atoms with Crippen molar-refractivity contribution in [1.29, 1.82) is 0 Å². The van der Waals surface area contributed by atoms with Gasteiger partial charge in [-0.3, -0.25) is 0 Å². The lowest BCUT2D eigenvalue weighted by molar-refractivity contribution is 0.205. The van der Waals surface area contributed by atoms with Gasteiger partial charge in [-0.2, -0.15) is 0 Å². The van der Waals surface area contributed by atoms with Crippen LogP contribution in [0, 0.1) is 5.82 Å². The summed E-state index contributed by atoms with van der Waals surface area (Å²) >= 11 is 0. The zero-order chi connectivity index (χ0) is 13.8. The minimum absolute atomic E-state index is 0.000295. The normalized spacial score (nSPS) is 10.0. The summed E-state index contributed by atoms with van der Waals surface area (Å²) in [7, 11) is 1.33. The third-order valence-corrected chi connectivity index (χ3v) is 2.60. The van der Waals surface area contributed by atoms with Crippen LogP contribution in [0.15, 0.2) is 48.5 Å². The SMILES string of the molecule is COc1cc(N(C(=O)O)c2ccccc2)ccc1F. The van der Waals surface area contributed by atoms with Gasteiger partial charge in [0.15, 0.2) is 11.6 Å². The van der Waals surface area contributed by atoms with Crippen LogP contribution in [0.4, 0.5) is 20.6 Å². The number of amides is 1. The summed E-state index contributed by atoms with van der Waals surface area (Å²) in [6.07, 6.45) is -1.15. The van der Waals surface area contributed by atoms with Gasteiger partial charge in [0.25, 0.3) is 0 Å². The van der Waals surface area contributed by atoms with Crippen LogP contribution in [0.2, 0.25) is 0 Å². The molecule has 4 nitrogen and oxygen atoms in total. The second kappa shape index (κ2) is 5.39. The van der Waals surface area contributed by atoms with Crippen LogP contribution < -0.4 is 9.64 Å². The molecule has 0 spiro atoms. The molecule has 0 bridgehead atoms. The fourth-order valence-electron chi connectivity index (χ4n) is 1.73. The molecule has 0 atom stereocenters. The highest BCUT2D eigenvalue weighted by atomic mass is 19.1. The lowest BCUT2D eigenvalue weighted by Gasteiger charge is -2.20. The molecule has 5 heteroatoms. The maximum absolute atomic E-state index is 13.3. The first-order chi connectivity index (χ1) is 9.13. The maximum atomic E-state index is 13.3. The predicted octanol–water partition coefficient (Wildman–Crippen LogP) is 3.65. The fraction of sp³-hybridized carbons (Fsp3) is 0.0714. The van der Waals surface area contributed by atoms with Crippen molar-refractivity contribution in [1.82, 2.24) is 0 Å². The van der Waals surface area contributed by atoms with E-state index in [0.29, 0.717) is 11.4 Å². The largest absolute Gasteiger partial charge is 0.494 e. The number of benzene rings is 2. The lowest BCUT2D eigenvalue weighted by atomic mass is 10.2. The van der Waals surface area contributed by atoms with Crippen molar-refractivity contribution in [3.63, 3.8) is 0 Å². The van der Waals surface area contributed by atoms with E-state index in [1.54, 1.807) is 30.3 Å². The third kappa shape index (κ3) is 2.65. The van der Waals surface area contributed by atoms with Crippen LogP contribution in [0.5, 0.6) is 5.75 Å². The fourth-order valence-corrected chi connectivity index (χ4v) is 1.73. The number of carboxylic acid groups (broad SMARTS) is 1. The van der Waals surface area contributed by atoms with Gasteiger partial charge < -0.3 is 9.84 Å². The predicted molar refractivity (Wildman–Crippen MR) is 69.6 cm³/mol. The Hall–Kier alpha value is -2.56. The monoisotopic (exact) mass is 261 g/mol. The van der Waals surface area contributed by atoms with Crippen molar-refractivity contribution in [3.8, 4) is 5.75 Å². The van der Waals surface area contributed by atoms with E-state index in [1.807, 2.05) is 0 Å². The second-order valence-corrected chi connectivity index (χ2v) is 3.77. The number of para-hydroxylation sites is 1. The van der Waals surface area contributed by atoms with Gasteiger partial charge in [0.05, 0.1) is 18.5 Å². The number of ether oxygens (including phenoxy) is 1. The van der Waals surface area contributed by atoms with E-state index < -0.39 is 11.9 Å². The van der Waals surface area contributed by atoms with E-state index in [-0.39, 0.29) is 5.75 Å². The van der Waals surface area contributed by atoms with Crippen molar-refractivity contribution in [2.75, 3.05) is 12.0 Å². The molecule has 0 aliphatic rings. The molecule has 0 radical (unpaired) electrons. The van der Waals surface area contributed by atoms with E-state index in [1.165, 1.54) is 25.3 Å². The molecule has 0 unspecified atom stereocenters. The number of hydrogen-bond donors (Lipinski definition) is 1. The number of halogens is 1. The van der Waals surface area contributed by atoms with Gasteiger partial charge in [-0.25, -0.2) is 14.1 Å². The molecule has 1 amide bonds. The average molecular weight is 261 g/mol. The molecule has 98 valence electrons. The molecule has 1 N–H and O–H groups in total. The summed E-state index contributed by atoms with van der Waals surface area (Å²) in [5.41, 5.74) is 0.792. The molecule has 0 aromatic heterocycles. The highest BCUT2D eigenvalue weighted by molar-refractivity contribution is 5.94. The molecular weight excluding hydrogens is 249 g/mol. The summed E-state index contributed by atoms with van der Waals surface area (Å²) in [4.78, 5) is 12.4. The summed E-state index contributed by atoms with van der Waals surface area (Å²) in [6, 6.07) is 12.5. The summed E-state index contributed by atoms with van der Waals surface area (Å²) in [5, 5.41) is 9.30. The first kappa shape index (κ1) is 12.9. The Morgan fingerprint density at radius 2 is 1.84 bits per heavy atom. The zero-order valence-corrected chi connectivity index (χ0v) is 10.2. The number of anilines is 2.